The molecule has 0 saturated heterocycles. The van der Waals surface area contributed by atoms with Crippen molar-refractivity contribution in [2.75, 3.05) is 27.2 Å². The summed E-state index contributed by atoms with van der Waals surface area (Å²) in [5.74, 6) is 0. The van der Waals surface area contributed by atoms with Crippen molar-refractivity contribution >= 4 is 5.57 Å². The van der Waals surface area contributed by atoms with E-state index in [0.29, 0.717) is 0 Å². The molecule has 0 amide bonds. The molecule has 0 saturated carbocycles. The zero-order valence-electron chi connectivity index (χ0n) is 10.2. The van der Waals surface area contributed by atoms with Crippen molar-refractivity contribution < 1.29 is 0 Å². The lowest BCUT2D eigenvalue weighted by atomic mass is 9.99. The van der Waals surface area contributed by atoms with Crippen LogP contribution in [-0.2, 0) is 6.54 Å². The van der Waals surface area contributed by atoms with E-state index in [4.69, 9.17) is 0 Å². The van der Waals surface area contributed by atoms with Gasteiger partial charge in [0.2, 0.25) is 0 Å². The van der Waals surface area contributed by atoms with Crippen molar-refractivity contribution in [3.63, 3.8) is 0 Å². The van der Waals surface area contributed by atoms with Gasteiger partial charge in [0.15, 0.2) is 0 Å². The monoisotopic (exact) mass is 216 g/mol. The third-order valence-electron chi connectivity index (χ3n) is 2.89. The van der Waals surface area contributed by atoms with Crippen LogP contribution in [0.15, 0.2) is 30.3 Å². The Kier molecular flexibility index (Phi) is 3.75. The molecular weight excluding hydrogens is 196 g/mol. The van der Waals surface area contributed by atoms with Crippen LogP contribution >= 0.6 is 0 Å². The molecule has 1 N–H and O–H groups in total. The van der Waals surface area contributed by atoms with E-state index in [-0.39, 0.29) is 0 Å². The lowest BCUT2D eigenvalue weighted by Crippen LogP contribution is -2.20. The quantitative estimate of drug-likeness (QED) is 0.832. The summed E-state index contributed by atoms with van der Waals surface area (Å²) in [7, 11) is 4.20. The predicted octanol–water partition coefficient (Wildman–Crippen LogP) is 2.12. The molecule has 0 unspecified atom stereocenters. The highest BCUT2D eigenvalue weighted by molar-refractivity contribution is 5.66. The fraction of sp³-hybridized carbons (Fsp3) is 0.429. The standard InChI is InChI=1S/C14H20N2/c1-16(2)11-12-3-5-13(6-4-12)14-7-9-15-10-8-14/h3-7,15H,8-11H2,1-2H3. The molecular formula is C14H20N2. The molecule has 2 heteroatoms. The molecule has 0 spiro atoms. The van der Waals surface area contributed by atoms with E-state index in [1.807, 2.05) is 0 Å². The Labute approximate surface area is 98.0 Å². The van der Waals surface area contributed by atoms with E-state index in [2.05, 4.69) is 54.7 Å². The van der Waals surface area contributed by atoms with Crippen molar-refractivity contribution in [1.29, 1.82) is 0 Å². The summed E-state index contributed by atoms with van der Waals surface area (Å²) in [6, 6.07) is 8.96. The molecule has 86 valence electrons. The van der Waals surface area contributed by atoms with Crippen LogP contribution in [0.3, 0.4) is 0 Å². The van der Waals surface area contributed by atoms with Crippen molar-refractivity contribution in [2.45, 2.75) is 13.0 Å². The van der Waals surface area contributed by atoms with Crippen LogP contribution in [0.5, 0.6) is 0 Å². The maximum atomic E-state index is 3.34. The van der Waals surface area contributed by atoms with Crippen molar-refractivity contribution in [1.82, 2.24) is 10.2 Å². The van der Waals surface area contributed by atoms with E-state index in [1.165, 1.54) is 16.7 Å². The first-order valence-corrected chi connectivity index (χ1v) is 5.89. The van der Waals surface area contributed by atoms with Crippen LogP contribution in [-0.4, -0.2) is 32.1 Å². The van der Waals surface area contributed by atoms with Gasteiger partial charge in [-0.05, 0) is 43.8 Å². The Hall–Kier alpha value is -1.12. The number of rotatable bonds is 3. The SMILES string of the molecule is CN(C)Cc1ccc(C2=CCNCC2)cc1. The number of nitrogens with one attached hydrogen (secondary N) is 1. The van der Waals surface area contributed by atoms with E-state index < -0.39 is 0 Å². The molecule has 0 fully saturated rings. The highest BCUT2D eigenvalue weighted by Gasteiger charge is 2.05. The van der Waals surface area contributed by atoms with Crippen LogP contribution in [0.4, 0.5) is 0 Å². The van der Waals surface area contributed by atoms with Crippen LogP contribution in [0, 0.1) is 0 Å². The maximum absolute atomic E-state index is 3.34. The zero-order valence-corrected chi connectivity index (χ0v) is 10.2. The molecule has 1 heterocycles. The van der Waals surface area contributed by atoms with Crippen molar-refractivity contribution in [2.24, 2.45) is 0 Å². The minimum atomic E-state index is 1.01. The second-order valence-electron chi connectivity index (χ2n) is 4.62. The Morgan fingerprint density at radius 1 is 1.19 bits per heavy atom. The van der Waals surface area contributed by atoms with Gasteiger partial charge >= 0.3 is 0 Å². The molecule has 0 atom stereocenters. The second kappa shape index (κ2) is 5.28. The number of nitrogens with zero attached hydrogens (tertiary/aromatic N) is 1. The van der Waals surface area contributed by atoms with Crippen molar-refractivity contribution in [3.05, 3.63) is 41.5 Å². The Bertz CT molecular complexity index is 363. The van der Waals surface area contributed by atoms with Gasteiger partial charge < -0.3 is 10.2 Å². The number of hydrogen-bond acceptors (Lipinski definition) is 2. The fourth-order valence-corrected chi connectivity index (χ4v) is 2.07. The molecule has 1 aliphatic heterocycles. The van der Waals surface area contributed by atoms with Gasteiger partial charge in [0.1, 0.15) is 0 Å². The third kappa shape index (κ3) is 2.94. The molecule has 0 bridgehead atoms. The summed E-state index contributed by atoms with van der Waals surface area (Å²) < 4.78 is 0. The molecule has 0 aliphatic carbocycles. The molecule has 16 heavy (non-hydrogen) atoms. The summed E-state index contributed by atoms with van der Waals surface area (Å²) in [6.07, 6.45) is 3.44. The van der Waals surface area contributed by atoms with Gasteiger partial charge in [0.25, 0.3) is 0 Å². The lowest BCUT2D eigenvalue weighted by molar-refractivity contribution is 0.402. The van der Waals surface area contributed by atoms with Crippen LogP contribution in [0.2, 0.25) is 0 Å². The molecule has 1 aliphatic rings. The zero-order chi connectivity index (χ0) is 11.4. The first-order valence-electron chi connectivity index (χ1n) is 5.89. The Morgan fingerprint density at radius 3 is 2.50 bits per heavy atom. The first-order chi connectivity index (χ1) is 7.75. The highest BCUT2D eigenvalue weighted by Crippen LogP contribution is 2.20. The third-order valence-corrected chi connectivity index (χ3v) is 2.89. The topological polar surface area (TPSA) is 15.3 Å². The minimum Gasteiger partial charge on any atom is -0.313 e. The Balaban J connectivity index is 2.09. The van der Waals surface area contributed by atoms with E-state index in [9.17, 15) is 0 Å². The van der Waals surface area contributed by atoms with E-state index >= 15 is 0 Å². The van der Waals surface area contributed by atoms with Gasteiger partial charge in [-0.15, -0.1) is 0 Å². The summed E-state index contributed by atoms with van der Waals surface area (Å²) in [5, 5.41) is 3.34. The molecule has 1 aromatic carbocycles. The smallest absolute Gasteiger partial charge is 0.0227 e. The van der Waals surface area contributed by atoms with E-state index in [1.54, 1.807) is 0 Å². The average molecular weight is 216 g/mol. The van der Waals surface area contributed by atoms with Crippen LogP contribution in [0.1, 0.15) is 17.5 Å². The van der Waals surface area contributed by atoms with Crippen LogP contribution in [0.25, 0.3) is 5.57 Å². The second-order valence-corrected chi connectivity index (χ2v) is 4.62. The number of benzene rings is 1. The van der Waals surface area contributed by atoms with Gasteiger partial charge in [0, 0.05) is 13.1 Å². The van der Waals surface area contributed by atoms with Gasteiger partial charge in [-0.1, -0.05) is 30.3 Å². The number of hydrogen-bond donors (Lipinski definition) is 1. The average Bonchev–Trinajstić information content (AvgIpc) is 2.30. The largest absolute Gasteiger partial charge is 0.313 e. The maximum Gasteiger partial charge on any atom is 0.0227 e. The summed E-state index contributed by atoms with van der Waals surface area (Å²) >= 11 is 0. The summed E-state index contributed by atoms with van der Waals surface area (Å²) in [6.45, 7) is 3.13. The molecule has 1 aromatic rings. The Morgan fingerprint density at radius 2 is 1.94 bits per heavy atom. The summed E-state index contributed by atoms with van der Waals surface area (Å²) in [5.41, 5.74) is 4.24. The van der Waals surface area contributed by atoms with Gasteiger partial charge in [-0.2, -0.15) is 0 Å². The van der Waals surface area contributed by atoms with Gasteiger partial charge in [0.05, 0.1) is 0 Å². The van der Waals surface area contributed by atoms with Crippen molar-refractivity contribution in [3.8, 4) is 0 Å². The molecule has 2 nitrogen and oxygen atoms in total. The van der Waals surface area contributed by atoms with Gasteiger partial charge in [-0.3, -0.25) is 0 Å². The molecule has 0 aromatic heterocycles. The molecule has 0 radical (unpaired) electrons. The summed E-state index contributed by atoms with van der Waals surface area (Å²) in [4.78, 5) is 2.19. The lowest BCUT2D eigenvalue weighted by Gasteiger charge is -2.15. The van der Waals surface area contributed by atoms with Gasteiger partial charge in [-0.25, -0.2) is 0 Å². The normalized spacial score (nSPS) is 16.3. The first kappa shape index (κ1) is 11.4. The fourth-order valence-electron chi connectivity index (χ4n) is 2.07. The van der Waals surface area contributed by atoms with Crippen LogP contribution < -0.4 is 5.32 Å². The molecule has 2 rings (SSSR count). The highest BCUT2D eigenvalue weighted by atomic mass is 15.0. The minimum absolute atomic E-state index is 1.01. The predicted molar refractivity (Wildman–Crippen MR) is 69.3 cm³/mol. The van der Waals surface area contributed by atoms with E-state index in [0.717, 1.165) is 26.1 Å².